The first-order valence-corrected chi connectivity index (χ1v) is 10.7. The molecule has 0 bridgehead atoms. The maximum atomic E-state index is 13.1. The van der Waals surface area contributed by atoms with E-state index in [0.717, 1.165) is 31.9 Å². The van der Waals surface area contributed by atoms with E-state index in [9.17, 15) is 12.8 Å². The summed E-state index contributed by atoms with van der Waals surface area (Å²) in [5.41, 5.74) is 1.75. The van der Waals surface area contributed by atoms with Gasteiger partial charge in [-0.15, -0.1) is 23.1 Å². The minimum Gasteiger partial charge on any atom is -0.235 e. The van der Waals surface area contributed by atoms with E-state index in [4.69, 9.17) is 0 Å². The number of benzene rings is 1. The van der Waals surface area contributed by atoms with E-state index in [0.29, 0.717) is 12.3 Å². The summed E-state index contributed by atoms with van der Waals surface area (Å²) in [5, 5.41) is 0.814. The number of hydrogen-bond acceptors (Lipinski definition) is 6. The standard InChI is InChI=1S/C15H14FN3O2S3/c1-24(20,21)19-6-7-22-15-14-12(17-9-18-15)8-13(23-14)10-2-4-11(16)5-3-10/h2-5,8-9,19H,6-7H2,1H3. The number of rotatable bonds is 6. The van der Waals surface area contributed by atoms with Gasteiger partial charge in [-0.1, -0.05) is 12.1 Å². The molecular formula is C15H14FN3O2S3. The molecule has 0 unspecified atom stereocenters. The molecule has 0 radical (unpaired) electrons. The molecule has 24 heavy (non-hydrogen) atoms. The molecule has 0 aliphatic carbocycles. The van der Waals surface area contributed by atoms with Crippen molar-refractivity contribution in [3.05, 3.63) is 42.5 Å². The molecule has 126 valence electrons. The first-order valence-electron chi connectivity index (χ1n) is 7.00. The van der Waals surface area contributed by atoms with Crippen LogP contribution in [-0.2, 0) is 10.0 Å². The molecule has 0 saturated carbocycles. The van der Waals surface area contributed by atoms with Crippen LogP contribution in [-0.4, -0.2) is 36.9 Å². The zero-order valence-electron chi connectivity index (χ0n) is 12.7. The minimum atomic E-state index is -3.18. The van der Waals surface area contributed by atoms with Gasteiger partial charge in [0.25, 0.3) is 0 Å². The van der Waals surface area contributed by atoms with Gasteiger partial charge in [-0.3, -0.25) is 0 Å². The molecule has 0 atom stereocenters. The summed E-state index contributed by atoms with van der Waals surface area (Å²) in [6, 6.07) is 8.27. The van der Waals surface area contributed by atoms with Gasteiger partial charge in [-0.25, -0.2) is 27.5 Å². The van der Waals surface area contributed by atoms with Crippen LogP contribution in [0.1, 0.15) is 0 Å². The zero-order valence-corrected chi connectivity index (χ0v) is 15.1. The second-order valence-corrected chi connectivity index (χ2v) is 8.99. The summed E-state index contributed by atoms with van der Waals surface area (Å²) in [6.45, 7) is 0.338. The van der Waals surface area contributed by atoms with Crippen molar-refractivity contribution in [2.75, 3.05) is 18.6 Å². The van der Waals surface area contributed by atoms with Crippen LogP contribution in [0.2, 0.25) is 0 Å². The molecule has 2 aromatic heterocycles. The maximum Gasteiger partial charge on any atom is 0.208 e. The molecule has 3 aromatic rings. The number of thiophene rings is 1. The highest BCUT2D eigenvalue weighted by Crippen LogP contribution is 2.36. The first kappa shape index (κ1) is 17.3. The molecule has 0 aliphatic heterocycles. The van der Waals surface area contributed by atoms with Gasteiger partial charge in [0, 0.05) is 17.2 Å². The van der Waals surface area contributed by atoms with Crippen molar-refractivity contribution in [3.63, 3.8) is 0 Å². The summed E-state index contributed by atoms with van der Waals surface area (Å²) in [4.78, 5) is 9.55. The van der Waals surface area contributed by atoms with E-state index in [-0.39, 0.29) is 5.82 Å². The lowest BCUT2D eigenvalue weighted by molar-refractivity contribution is 0.590. The van der Waals surface area contributed by atoms with Crippen LogP contribution in [0.4, 0.5) is 4.39 Å². The Bertz CT molecular complexity index is 956. The van der Waals surface area contributed by atoms with Gasteiger partial charge in [-0.05, 0) is 23.8 Å². The summed E-state index contributed by atoms with van der Waals surface area (Å²) in [5.74, 6) is 0.303. The fraction of sp³-hybridized carbons (Fsp3) is 0.200. The average molecular weight is 383 g/mol. The van der Waals surface area contributed by atoms with E-state index < -0.39 is 10.0 Å². The zero-order chi connectivity index (χ0) is 17.2. The fourth-order valence-corrected chi connectivity index (χ4v) is 4.73. The first-order chi connectivity index (χ1) is 11.4. The topological polar surface area (TPSA) is 72.0 Å². The predicted octanol–water partition coefficient (Wildman–Crippen LogP) is 3.14. The van der Waals surface area contributed by atoms with Crippen LogP contribution in [0.3, 0.4) is 0 Å². The van der Waals surface area contributed by atoms with Crippen LogP contribution in [0, 0.1) is 5.82 Å². The molecule has 0 fully saturated rings. The highest BCUT2D eigenvalue weighted by molar-refractivity contribution is 7.99. The van der Waals surface area contributed by atoms with E-state index in [1.165, 1.54) is 41.6 Å². The molecule has 5 nitrogen and oxygen atoms in total. The number of aromatic nitrogens is 2. The van der Waals surface area contributed by atoms with Crippen molar-refractivity contribution < 1.29 is 12.8 Å². The highest BCUT2D eigenvalue weighted by atomic mass is 32.2. The lowest BCUT2D eigenvalue weighted by Gasteiger charge is -2.02. The SMILES string of the molecule is CS(=O)(=O)NCCSc1ncnc2cc(-c3ccc(F)cc3)sc12. The molecule has 2 heterocycles. The number of nitrogens with zero attached hydrogens (tertiary/aromatic N) is 2. The summed E-state index contributed by atoms with van der Waals surface area (Å²) in [7, 11) is -3.18. The fourth-order valence-electron chi connectivity index (χ4n) is 2.07. The van der Waals surface area contributed by atoms with Crippen LogP contribution in [0.15, 0.2) is 41.7 Å². The van der Waals surface area contributed by atoms with E-state index >= 15 is 0 Å². The molecule has 0 amide bonds. The number of sulfonamides is 1. The Labute approximate surface area is 147 Å². The van der Waals surface area contributed by atoms with Crippen molar-refractivity contribution in [1.29, 1.82) is 0 Å². The van der Waals surface area contributed by atoms with Crippen molar-refractivity contribution >= 4 is 43.3 Å². The van der Waals surface area contributed by atoms with E-state index in [2.05, 4.69) is 14.7 Å². The van der Waals surface area contributed by atoms with Gasteiger partial charge in [0.15, 0.2) is 0 Å². The summed E-state index contributed by atoms with van der Waals surface area (Å²) < 4.78 is 38.6. The predicted molar refractivity (Wildman–Crippen MR) is 96.4 cm³/mol. The van der Waals surface area contributed by atoms with Gasteiger partial charge in [0.2, 0.25) is 10.0 Å². The third kappa shape index (κ3) is 4.29. The molecule has 0 aliphatic rings. The Kier molecular flexibility index (Phi) is 5.14. The van der Waals surface area contributed by atoms with Crippen LogP contribution < -0.4 is 4.72 Å². The third-order valence-electron chi connectivity index (χ3n) is 3.11. The molecule has 9 heteroatoms. The molecule has 0 saturated heterocycles. The second kappa shape index (κ2) is 7.14. The monoisotopic (exact) mass is 383 g/mol. The molecule has 1 aromatic carbocycles. The normalized spacial score (nSPS) is 11.9. The van der Waals surface area contributed by atoms with E-state index in [1.54, 1.807) is 12.1 Å². The number of thioether (sulfide) groups is 1. The van der Waals surface area contributed by atoms with Gasteiger partial charge in [0.05, 0.1) is 16.5 Å². The molecule has 1 N–H and O–H groups in total. The summed E-state index contributed by atoms with van der Waals surface area (Å²) >= 11 is 3.01. The van der Waals surface area contributed by atoms with Gasteiger partial charge >= 0.3 is 0 Å². The smallest absolute Gasteiger partial charge is 0.208 e. The van der Waals surface area contributed by atoms with Crippen molar-refractivity contribution in [3.8, 4) is 10.4 Å². The number of hydrogen-bond donors (Lipinski definition) is 1. The van der Waals surface area contributed by atoms with Gasteiger partial charge in [0.1, 0.15) is 17.2 Å². The molecule has 0 spiro atoms. The Morgan fingerprint density at radius 2 is 2.00 bits per heavy atom. The number of fused-ring (bicyclic) bond motifs is 1. The average Bonchev–Trinajstić information content (AvgIpc) is 2.96. The molecular weight excluding hydrogens is 369 g/mol. The van der Waals surface area contributed by atoms with Crippen molar-refractivity contribution in [2.45, 2.75) is 5.03 Å². The quantitative estimate of drug-likeness (QED) is 0.402. The number of nitrogens with one attached hydrogen (secondary N) is 1. The maximum absolute atomic E-state index is 13.1. The lowest BCUT2D eigenvalue weighted by Crippen LogP contribution is -2.24. The highest BCUT2D eigenvalue weighted by Gasteiger charge is 2.11. The van der Waals surface area contributed by atoms with Crippen molar-refractivity contribution in [1.82, 2.24) is 14.7 Å². The van der Waals surface area contributed by atoms with Crippen molar-refractivity contribution in [2.24, 2.45) is 0 Å². The second-order valence-electron chi connectivity index (χ2n) is 5.03. The summed E-state index contributed by atoms with van der Waals surface area (Å²) in [6.07, 6.45) is 2.63. The third-order valence-corrected chi connectivity index (χ3v) is 6.14. The lowest BCUT2D eigenvalue weighted by atomic mass is 10.2. The molecule has 3 rings (SSSR count). The van der Waals surface area contributed by atoms with Crippen LogP contribution in [0.5, 0.6) is 0 Å². The van der Waals surface area contributed by atoms with Gasteiger partial charge < -0.3 is 0 Å². The minimum absolute atomic E-state index is 0.269. The Morgan fingerprint density at radius 3 is 2.71 bits per heavy atom. The van der Waals surface area contributed by atoms with Gasteiger partial charge in [-0.2, -0.15) is 0 Å². The Hall–Kier alpha value is -1.55. The van der Waals surface area contributed by atoms with Crippen LogP contribution >= 0.6 is 23.1 Å². The number of halogens is 1. The largest absolute Gasteiger partial charge is 0.235 e. The Morgan fingerprint density at radius 1 is 1.25 bits per heavy atom. The Balaban J connectivity index is 1.81. The van der Waals surface area contributed by atoms with Crippen LogP contribution in [0.25, 0.3) is 20.7 Å². The van der Waals surface area contributed by atoms with E-state index in [1.807, 2.05) is 6.07 Å².